The molecule has 0 radical (unpaired) electrons. The summed E-state index contributed by atoms with van der Waals surface area (Å²) in [6, 6.07) is 15.0. The summed E-state index contributed by atoms with van der Waals surface area (Å²) in [7, 11) is 0. The highest BCUT2D eigenvalue weighted by molar-refractivity contribution is 5.97. The molecule has 3 amide bonds. The van der Waals surface area contributed by atoms with Crippen LogP contribution >= 0.6 is 0 Å². The number of likely N-dealkylation sites (tertiary alicyclic amines) is 1. The van der Waals surface area contributed by atoms with Crippen molar-refractivity contribution in [3.05, 3.63) is 71.3 Å². The predicted octanol–water partition coefficient (Wildman–Crippen LogP) is 1.77. The molecule has 1 heterocycles. The molecule has 1 atom stereocenters. The van der Waals surface area contributed by atoms with Gasteiger partial charge >= 0.3 is 0 Å². The lowest BCUT2D eigenvalue weighted by Gasteiger charge is -2.18. The fourth-order valence-corrected chi connectivity index (χ4v) is 3.08. The van der Waals surface area contributed by atoms with Crippen LogP contribution in [-0.2, 0) is 16.1 Å². The first kappa shape index (κ1) is 17.7. The molecular formula is C20H21N3O3. The first-order valence-corrected chi connectivity index (χ1v) is 8.56. The second-order valence-corrected chi connectivity index (χ2v) is 6.34. The van der Waals surface area contributed by atoms with Crippen molar-refractivity contribution in [1.82, 2.24) is 10.2 Å². The fourth-order valence-electron chi connectivity index (χ4n) is 3.08. The van der Waals surface area contributed by atoms with Crippen LogP contribution in [0.5, 0.6) is 0 Å². The molecule has 0 spiro atoms. The Kier molecular flexibility index (Phi) is 5.31. The largest absolute Gasteiger partial charge is 0.368 e. The van der Waals surface area contributed by atoms with Crippen LogP contribution < -0.4 is 11.1 Å². The van der Waals surface area contributed by atoms with Gasteiger partial charge in [-0.2, -0.15) is 0 Å². The summed E-state index contributed by atoms with van der Waals surface area (Å²) in [6.07, 6.45) is 1.45. The maximum atomic E-state index is 12.6. The zero-order valence-electron chi connectivity index (χ0n) is 14.4. The lowest BCUT2D eigenvalue weighted by atomic mass is 10.0. The van der Waals surface area contributed by atoms with E-state index in [1.807, 2.05) is 12.1 Å². The molecule has 1 aliphatic rings. The normalized spacial score (nSPS) is 14.9. The molecule has 2 aromatic carbocycles. The molecule has 3 rings (SSSR count). The highest BCUT2D eigenvalue weighted by Gasteiger charge is 2.22. The van der Waals surface area contributed by atoms with E-state index in [2.05, 4.69) is 5.32 Å². The molecule has 1 fully saturated rings. The van der Waals surface area contributed by atoms with Crippen molar-refractivity contribution in [2.45, 2.75) is 25.4 Å². The molecule has 134 valence electrons. The van der Waals surface area contributed by atoms with Gasteiger partial charge in [-0.15, -0.1) is 0 Å². The van der Waals surface area contributed by atoms with Crippen LogP contribution in [0, 0.1) is 0 Å². The summed E-state index contributed by atoms with van der Waals surface area (Å²) in [5.41, 5.74) is 7.39. The quantitative estimate of drug-likeness (QED) is 0.831. The van der Waals surface area contributed by atoms with E-state index in [0.29, 0.717) is 24.1 Å². The van der Waals surface area contributed by atoms with Gasteiger partial charge in [0.05, 0.1) is 0 Å². The minimum absolute atomic E-state index is 0.137. The van der Waals surface area contributed by atoms with Crippen molar-refractivity contribution < 1.29 is 14.4 Å². The van der Waals surface area contributed by atoms with Gasteiger partial charge in [-0.05, 0) is 29.7 Å². The standard InChI is InChI=1S/C20H21N3O3/c21-19(25)18(15-7-2-1-3-8-15)22-20(26)16-9-4-6-14(12-16)13-23-11-5-10-17(23)24/h1-4,6-9,12,18H,5,10-11,13H2,(H2,21,25)(H,22,26). The third kappa shape index (κ3) is 4.08. The van der Waals surface area contributed by atoms with Crippen LogP contribution in [-0.4, -0.2) is 29.2 Å². The number of nitrogens with zero attached hydrogens (tertiary/aromatic N) is 1. The zero-order chi connectivity index (χ0) is 18.5. The molecule has 6 heteroatoms. The average Bonchev–Trinajstić information content (AvgIpc) is 3.05. The van der Waals surface area contributed by atoms with Gasteiger partial charge in [0.15, 0.2) is 0 Å². The Bertz CT molecular complexity index is 820. The van der Waals surface area contributed by atoms with Crippen LogP contribution in [0.15, 0.2) is 54.6 Å². The third-order valence-corrected chi connectivity index (χ3v) is 4.43. The molecule has 0 aromatic heterocycles. The van der Waals surface area contributed by atoms with Gasteiger partial charge < -0.3 is 16.0 Å². The molecule has 1 aliphatic heterocycles. The van der Waals surface area contributed by atoms with Gasteiger partial charge in [0.1, 0.15) is 6.04 Å². The minimum atomic E-state index is -0.896. The topological polar surface area (TPSA) is 92.5 Å². The number of primary amides is 1. The molecule has 0 aliphatic carbocycles. The minimum Gasteiger partial charge on any atom is -0.368 e. The van der Waals surface area contributed by atoms with E-state index in [-0.39, 0.29) is 11.8 Å². The first-order chi connectivity index (χ1) is 12.5. The molecule has 1 unspecified atom stereocenters. The maximum Gasteiger partial charge on any atom is 0.252 e. The van der Waals surface area contributed by atoms with Crippen LogP contribution in [0.2, 0.25) is 0 Å². The van der Waals surface area contributed by atoms with Crippen molar-refractivity contribution >= 4 is 17.7 Å². The summed E-state index contributed by atoms with van der Waals surface area (Å²) >= 11 is 0. The van der Waals surface area contributed by atoms with E-state index in [9.17, 15) is 14.4 Å². The number of hydrogen-bond acceptors (Lipinski definition) is 3. The summed E-state index contributed by atoms with van der Waals surface area (Å²) in [6.45, 7) is 1.23. The Hall–Kier alpha value is -3.15. The second kappa shape index (κ2) is 7.82. The number of benzene rings is 2. The Morgan fingerprint density at radius 2 is 1.88 bits per heavy atom. The van der Waals surface area contributed by atoms with E-state index in [0.717, 1.165) is 18.5 Å². The third-order valence-electron chi connectivity index (χ3n) is 4.43. The lowest BCUT2D eigenvalue weighted by Crippen LogP contribution is -2.37. The highest BCUT2D eigenvalue weighted by atomic mass is 16.2. The van der Waals surface area contributed by atoms with Crippen molar-refractivity contribution in [1.29, 1.82) is 0 Å². The Morgan fingerprint density at radius 1 is 1.12 bits per heavy atom. The van der Waals surface area contributed by atoms with Gasteiger partial charge in [0, 0.05) is 25.1 Å². The second-order valence-electron chi connectivity index (χ2n) is 6.34. The highest BCUT2D eigenvalue weighted by Crippen LogP contribution is 2.17. The van der Waals surface area contributed by atoms with Gasteiger partial charge in [-0.25, -0.2) is 0 Å². The smallest absolute Gasteiger partial charge is 0.252 e. The number of amides is 3. The molecule has 3 N–H and O–H groups in total. The Labute approximate surface area is 152 Å². The van der Waals surface area contributed by atoms with Crippen molar-refractivity contribution in [3.63, 3.8) is 0 Å². The number of rotatable bonds is 6. The number of nitrogens with two attached hydrogens (primary N) is 1. The summed E-state index contributed by atoms with van der Waals surface area (Å²) < 4.78 is 0. The monoisotopic (exact) mass is 351 g/mol. The lowest BCUT2D eigenvalue weighted by molar-refractivity contribution is -0.128. The SMILES string of the molecule is NC(=O)C(NC(=O)c1cccc(CN2CCCC2=O)c1)c1ccccc1. The zero-order valence-corrected chi connectivity index (χ0v) is 14.4. The van der Waals surface area contributed by atoms with Gasteiger partial charge in [0.25, 0.3) is 5.91 Å². The van der Waals surface area contributed by atoms with Crippen LogP contribution in [0.3, 0.4) is 0 Å². The number of carbonyl (C=O) groups excluding carboxylic acids is 3. The predicted molar refractivity (Wildman–Crippen MR) is 96.9 cm³/mol. The molecule has 26 heavy (non-hydrogen) atoms. The molecule has 0 saturated carbocycles. The van der Waals surface area contributed by atoms with E-state index < -0.39 is 11.9 Å². The molecule has 6 nitrogen and oxygen atoms in total. The summed E-state index contributed by atoms with van der Waals surface area (Å²) in [4.78, 5) is 37.9. The Balaban J connectivity index is 1.73. The van der Waals surface area contributed by atoms with E-state index >= 15 is 0 Å². The van der Waals surface area contributed by atoms with Crippen molar-refractivity contribution in [2.75, 3.05) is 6.54 Å². The van der Waals surface area contributed by atoms with E-state index in [1.54, 1.807) is 47.4 Å². The van der Waals surface area contributed by atoms with E-state index in [4.69, 9.17) is 5.73 Å². The summed E-state index contributed by atoms with van der Waals surface area (Å²) in [5, 5.41) is 2.68. The molecule has 0 bridgehead atoms. The maximum absolute atomic E-state index is 12.6. The number of hydrogen-bond donors (Lipinski definition) is 2. The average molecular weight is 351 g/mol. The Morgan fingerprint density at radius 3 is 2.54 bits per heavy atom. The van der Waals surface area contributed by atoms with Crippen LogP contribution in [0.4, 0.5) is 0 Å². The number of carbonyl (C=O) groups is 3. The van der Waals surface area contributed by atoms with Gasteiger partial charge in [-0.1, -0.05) is 42.5 Å². The van der Waals surface area contributed by atoms with Crippen molar-refractivity contribution in [3.8, 4) is 0 Å². The van der Waals surface area contributed by atoms with E-state index in [1.165, 1.54) is 0 Å². The van der Waals surface area contributed by atoms with Gasteiger partial charge in [-0.3, -0.25) is 14.4 Å². The first-order valence-electron chi connectivity index (χ1n) is 8.56. The molecule has 1 saturated heterocycles. The van der Waals surface area contributed by atoms with Gasteiger partial charge in [0.2, 0.25) is 11.8 Å². The number of nitrogens with one attached hydrogen (secondary N) is 1. The van der Waals surface area contributed by atoms with Crippen molar-refractivity contribution in [2.24, 2.45) is 5.73 Å². The molecule has 2 aromatic rings. The van der Waals surface area contributed by atoms with Crippen LogP contribution in [0.1, 0.15) is 40.4 Å². The molecular weight excluding hydrogens is 330 g/mol. The fraction of sp³-hybridized carbons (Fsp3) is 0.250. The van der Waals surface area contributed by atoms with Crippen LogP contribution in [0.25, 0.3) is 0 Å². The summed E-state index contributed by atoms with van der Waals surface area (Å²) in [5.74, 6) is -0.867.